The monoisotopic (exact) mass is 461 g/mol. The maximum absolute atomic E-state index is 12.6. The van der Waals surface area contributed by atoms with Crippen molar-refractivity contribution in [2.24, 2.45) is 5.92 Å². The van der Waals surface area contributed by atoms with Gasteiger partial charge in [0.15, 0.2) is 0 Å². The third kappa shape index (κ3) is 5.04. The summed E-state index contributed by atoms with van der Waals surface area (Å²) >= 11 is 0. The first-order valence-corrected chi connectivity index (χ1v) is 12.1. The van der Waals surface area contributed by atoms with Gasteiger partial charge in [-0.25, -0.2) is 17.9 Å². The molecule has 2 aromatic rings. The number of rotatable bonds is 6. The molecular formula is C21H27N5O5S. The van der Waals surface area contributed by atoms with E-state index in [0.29, 0.717) is 48.9 Å². The summed E-state index contributed by atoms with van der Waals surface area (Å²) in [6.07, 6.45) is 3.27. The predicted octanol–water partition coefficient (Wildman–Crippen LogP) is 2.61. The second kappa shape index (κ2) is 8.81. The van der Waals surface area contributed by atoms with E-state index in [4.69, 9.17) is 4.52 Å². The van der Waals surface area contributed by atoms with Crippen molar-refractivity contribution in [3.8, 4) is 0 Å². The van der Waals surface area contributed by atoms with Gasteiger partial charge in [0.2, 0.25) is 11.8 Å². The third-order valence-electron chi connectivity index (χ3n) is 5.87. The van der Waals surface area contributed by atoms with E-state index >= 15 is 0 Å². The van der Waals surface area contributed by atoms with Crippen molar-refractivity contribution >= 4 is 33.5 Å². The molecule has 1 aromatic carbocycles. The van der Waals surface area contributed by atoms with Crippen LogP contribution in [-0.4, -0.2) is 49.5 Å². The predicted molar refractivity (Wildman–Crippen MR) is 118 cm³/mol. The molecule has 1 saturated carbocycles. The largest absolute Gasteiger partial charge is 0.337 e. The fourth-order valence-corrected chi connectivity index (χ4v) is 4.54. The van der Waals surface area contributed by atoms with Gasteiger partial charge in [-0.05, 0) is 63.8 Å². The first kappa shape index (κ1) is 22.1. The number of benzene rings is 1. The molecule has 0 atom stereocenters. The van der Waals surface area contributed by atoms with Crippen molar-refractivity contribution in [1.29, 1.82) is 0 Å². The van der Waals surface area contributed by atoms with Crippen LogP contribution in [0.1, 0.15) is 36.9 Å². The zero-order valence-corrected chi connectivity index (χ0v) is 18.9. The van der Waals surface area contributed by atoms with E-state index in [9.17, 15) is 18.0 Å². The summed E-state index contributed by atoms with van der Waals surface area (Å²) < 4.78 is 32.6. The highest BCUT2D eigenvalue weighted by Gasteiger charge is 2.30. The van der Waals surface area contributed by atoms with Crippen LogP contribution in [0.3, 0.4) is 0 Å². The number of aryl methyl sites for hydroxylation is 1. The van der Waals surface area contributed by atoms with Crippen LogP contribution in [0.15, 0.2) is 33.7 Å². The number of urea groups is 1. The number of sulfonamides is 1. The molecule has 4 rings (SSSR count). The zero-order chi connectivity index (χ0) is 22.9. The lowest BCUT2D eigenvalue weighted by Gasteiger charge is -2.31. The van der Waals surface area contributed by atoms with Gasteiger partial charge < -0.3 is 20.1 Å². The fourth-order valence-electron chi connectivity index (χ4n) is 3.49. The van der Waals surface area contributed by atoms with E-state index in [-0.39, 0.29) is 28.6 Å². The molecule has 2 aliphatic rings. The smallest absolute Gasteiger partial charge is 0.317 e. The molecule has 172 valence electrons. The first-order valence-electron chi connectivity index (χ1n) is 10.6. The van der Waals surface area contributed by atoms with E-state index in [1.807, 2.05) is 0 Å². The number of nitrogens with one attached hydrogen (secondary N) is 3. The van der Waals surface area contributed by atoms with Crippen LogP contribution in [0.5, 0.6) is 0 Å². The number of carbonyl (C=O) groups excluding carboxylic acids is 2. The Kier molecular flexibility index (Phi) is 6.09. The molecule has 3 amide bonds. The molecular weight excluding hydrogens is 434 g/mol. The Labute approximate surface area is 186 Å². The Morgan fingerprint density at radius 1 is 1.06 bits per heavy atom. The number of anilines is 2. The highest BCUT2D eigenvalue weighted by molar-refractivity contribution is 7.92. The maximum atomic E-state index is 12.6. The van der Waals surface area contributed by atoms with Crippen molar-refractivity contribution in [3.63, 3.8) is 0 Å². The molecule has 1 saturated heterocycles. The SMILES string of the molecule is Cc1noc(NS(=O)(=O)c2ccc(NC(=O)C3CCN(C(=O)NC4CC4)CC3)cc2)c1C. The second-order valence-electron chi connectivity index (χ2n) is 8.33. The summed E-state index contributed by atoms with van der Waals surface area (Å²) in [7, 11) is -3.85. The topological polar surface area (TPSA) is 134 Å². The van der Waals surface area contributed by atoms with Crippen LogP contribution in [0, 0.1) is 19.8 Å². The Balaban J connectivity index is 1.31. The molecule has 0 bridgehead atoms. The number of hydrogen-bond donors (Lipinski definition) is 3. The molecule has 0 unspecified atom stereocenters. The van der Waals surface area contributed by atoms with Crippen LogP contribution in [-0.2, 0) is 14.8 Å². The van der Waals surface area contributed by atoms with Gasteiger partial charge in [-0.3, -0.25) is 4.79 Å². The summed E-state index contributed by atoms with van der Waals surface area (Å²) in [5.74, 6) is -0.242. The molecule has 0 spiro atoms. The minimum atomic E-state index is -3.85. The summed E-state index contributed by atoms with van der Waals surface area (Å²) in [6, 6.07) is 6.19. The standard InChI is InChI=1S/C21H27N5O5S/c1-13-14(2)24-31-20(13)25-32(29,30)18-7-5-16(6-8-18)22-19(27)15-9-11-26(12-10-15)21(28)23-17-3-4-17/h5-8,15,17,25H,3-4,9-12H2,1-2H3,(H,22,27)(H,23,28). The zero-order valence-electron chi connectivity index (χ0n) is 18.1. The molecule has 10 nitrogen and oxygen atoms in total. The lowest BCUT2D eigenvalue weighted by atomic mass is 9.96. The molecule has 1 aliphatic carbocycles. The number of carbonyl (C=O) groups is 2. The van der Waals surface area contributed by atoms with Crippen LogP contribution in [0.25, 0.3) is 0 Å². The molecule has 2 fully saturated rings. The highest BCUT2D eigenvalue weighted by Crippen LogP contribution is 2.24. The number of nitrogens with zero attached hydrogens (tertiary/aromatic N) is 2. The average molecular weight is 462 g/mol. The molecule has 1 aliphatic heterocycles. The van der Waals surface area contributed by atoms with Gasteiger partial charge in [-0.2, -0.15) is 0 Å². The Morgan fingerprint density at radius 2 is 1.72 bits per heavy atom. The van der Waals surface area contributed by atoms with Gasteiger partial charge in [-0.15, -0.1) is 0 Å². The van der Waals surface area contributed by atoms with Gasteiger partial charge in [0.25, 0.3) is 10.0 Å². The summed E-state index contributed by atoms with van der Waals surface area (Å²) in [5.41, 5.74) is 1.73. The lowest BCUT2D eigenvalue weighted by molar-refractivity contribution is -0.121. The molecule has 1 aromatic heterocycles. The van der Waals surface area contributed by atoms with Gasteiger partial charge in [0, 0.05) is 36.3 Å². The van der Waals surface area contributed by atoms with E-state index in [1.165, 1.54) is 12.1 Å². The number of aromatic nitrogens is 1. The van der Waals surface area contributed by atoms with Gasteiger partial charge in [0.1, 0.15) is 0 Å². The minimum absolute atomic E-state index is 0.0407. The second-order valence-corrected chi connectivity index (χ2v) is 10.0. The quantitative estimate of drug-likeness (QED) is 0.605. The maximum Gasteiger partial charge on any atom is 0.317 e. The van der Waals surface area contributed by atoms with Gasteiger partial charge in [-0.1, -0.05) is 5.16 Å². The van der Waals surface area contributed by atoms with Crippen LogP contribution >= 0.6 is 0 Å². The van der Waals surface area contributed by atoms with Crippen LogP contribution < -0.4 is 15.4 Å². The summed E-state index contributed by atoms with van der Waals surface area (Å²) in [4.78, 5) is 26.5. The lowest BCUT2D eigenvalue weighted by Crippen LogP contribution is -2.46. The van der Waals surface area contributed by atoms with Crippen molar-refractivity contribution < 1.29 is 22.5 Å². The van der Waals surface area contributed by atoms with Crippen LogP contribution in [0.2, 0.25) is 0 Å². The van der Waals surface area contributed by atoms with Gasteiger partial charge in [0.05, 0.1) is 10.6 Å². The van der Waals surface area contributed by atoms with Crippen molar-refractivity contribution in [1.82, 2.24) is 15.4 Å². The number of hydrogen-bond acceptors (Lipinski definition) is 6. The Bertz CT molecular complexity index is 1100. The third-order valence-corrected chi connectivity index (χ3v) is 7.22. The van der Waals surface area contributed by atoms with E-state index in [2.05, 4.69) is 20.5 Å². The summed E-state index contributed by atoms with van der Waals surface area (Å²) in [5, 5.41) is 9.54. The minimum Gasteiger partial charge on any atom is -0.337 e. The first-order chi connectivity index (χ1) is 15.2. The van der Waals surface area contributed by atoms with Crippen molar-refractivity contribution in [2.75, 3.05) is 23.1 Å². The molecule has 32 heavy (non-hydrogen) atoms. The molecule has 0 radical (unpaired) electrons. The fraction of sp³-hybridized carbons (Fsp3) is 0.476. The molecule has 2 heterocycles. The molecule has 3 N–H and O–H groups in total. The average Bonchev–Trinajstić information content (AvgIpc) is 3.54. The van der Waals surface area contributed by atoms with Crippen molar-refractivity contribution in [2.45, 2.75) is 50.5 Å². The van der Waals surface area contributed by atoms with Gasteiger partial charge >= 0.3 is 6.03 Å². The van der Waals surface area contributed by atoms with E-state index in [1.54, 1.807) is 30.9 Å². The normalized spacial score (nSPS) is 17.1. The Hall–Kier alpha value is -3.08. The summed E-state index contributed by atoms with van der Waals surface area (Å²) in [6.45, 7) is 4.52. The van der Waals surface area contributed by atoms with Crippen molar-refractivity contribution in [3.05, 3.63) is 35.5 Å². The number of likely N-dealkylation sites (tertiary alicyclic amines) is 1. The molecule has 11 heteroatoms. The highest BCUT2D eigenvalue weighted by atomic mass is 32.2. The van der Waals surface area contributed by atoms with E-state index in [0.717, 1.165) is 12.8 Å². The number of piperidine rings is 1. The Morgan fingerprint density at radius 3 is 2.28 bits per heavy atom. The number of amides is 3. The van der Waals surface area contributed by atoms with Crippen LogP contribution in [0.4, 0.5) is 16.4 Å². The van der Waals surface area contributed by atoms with E-state index < -0.39 is 10.0 Å².